The topological polar surface area (TPSA) is 84.9 Å². The van der Waals surface area contributed by atoms with E-state index in [1.807, 2.05) is 25.1 Å². The maximum Gasteiger partial charge on any atom is 0.251 e. The molecule has 174 valence electrons. The Morgan fingerprint density at radius 3 is 2.15 bits per heavy atom. The van der Waals surface area contributed by atoms with Crippen LogP contribution in [0.5, 0.6) is 11.5 Å². The van der Waals surface area contributed by atoms with E-state index in [0.717, 1.165) is 11.1 Å². The number of amides is 1. The van der Waals surface area contributed by atoms with Crippen molar-refractivity contribution in [1.82, 2.24) is 5.32 Å². The van der Waals surface area contributed by atoms with Gasteiger partial charge in [-0.3, -0.25) is 9.10 Å². The molecule has 0 unspecified atom stereocenters. The standard InChI is InChI=1S/C25H28N2O5S/c1-18(21-14-15-23(31-2)24(16-21)32-3)26-25(28)20-12-10-19(11-13-20)17-27(33(4,29)30)22-8-6-5-7-9-22/h5-16,18H,17H2,1-4H3,(H,26,28)/t18-/m1/s1. The fourth-order valence-electron chi connectivity index (χ4n) is 3.41. The molecule has 0 fully saturated rings. The maximum atomic E-state index is 12.7. The Hall–Kier alpha value is -3.52. The molecule has 7 nitrogen and oxygen atoms in total. The summed E-state index contributed by atoms with van der Waals surface area (Å²) in [5, 5.41) is 2.97. The van der Waals surface area contributed by atoms with Gasteiger partial charge in [0.1, 0.15) is 0 Å². The average Bonchev–Trinajstić information content (AvgIpc) is 2.82. The number of ether oxygens (including phenoxy) is 2. The number of benzene rings is 3. The molecule has 8 heteroatoms. The van der Waals surface area contributed by atoms with Gasteiger partial charge >= 0.3 is 0 Å². The highest BCUT2D eigenvalue weighted by Gasteiger charge is 2.18. The van der Waals surface area contributed by atoms with E-state index >= 15 is 0 Å². The van der Waals surface area contributed by atoms with Gasteiger partial charge in [0.05, 0.1) is 38.7 Å². The Balaban J connectivity index is 1.71. The highest BCUT2D eigenvalue weighted by atomic mass is 32.2. The van der Waals surface area contributed by atoms with Crippen LogP contribution >= 0.6 is 0 Å². The third kappa shape index (κ3) is 6.04. The van der Waals surface area contributed by atoms with Crippen LogP contribution in [0.4, 0.5) is 5.69 Å². The Morgan fingerprint density at radius 2 is 1.58 bits per heavy atom. The van der Waals surface area contributed by atoms with Crippen LogP contribution in [0.3, 0.4) is 0 Å². The molecular weight excluding hydrogens is 440 g/mol. The van der Waals surface area contributed by atoms with Crippen LogP contribution in [0.15, 0.2) is 72.8 Å². The number of methoxy groups -OCH3 is 2. The molecule has 0 aliphatic heterocycles. The van der Waals surface area contributed by atoms with Crippen molar-refractivity contribution in [2.75, 3.05) is 24.8 Å². The molecule has 3 aromatic rings. The number of nitrogens with one attached hydrogen (secondary N) is 1. The molecule has 0 radical (unpaired) electrons. The third-order valence-corrected chi connectivity index (χ3v) is 6.38. The van der Waals surface area contributed by atoms with E-state index in [0.29, 0.717) is 22.7 Å². The lowest BCUT2D eigenvalue weighted by Gasteiger charge is -2.22. The number of carbonyl (C=O) groups is 1. The summed E-state index contributed by atoms with van der Waals surface area (Å²) >= 11 is 0. The summed E-state index contributed by atoms with van der Waals surface area (Å²) in [6.07, 6.45) is 1.18. The Kier molecular flexibility index (Phi) is 7.60. The summed E-state index contributed by atoms with van der Waals surface area (Å²) in [5.41, 5.74) is 2.72. The summed E-state index contributed by atoms with van der Waals surface area (Å²) in [7, 11) is -0.330. The second-order valence-corrected chi connectivity index (χ2v) is 9.52. The van der Waals surface area contributed by atoms with Crippen LogP contribution in [0.1, 0.15) is 34.5 Å². The van der Waals surface area contributed by atoms with E-state index in [1.54, 1.807) is 68.8 Å². The number of rotatable bonds is 9. The first-order chi connectivity index (χ1) is 15.7. The smallest absolute Gasteiger partial charge is 0.251 e. The second kappa shape index (κ2) is 10.4. The second-order valence-electron chi connectivity index (χ2n) is 7.61. The first-order valence-corrected chi connectivity index (χ1v) is 12.2. The summed E-state index contributed by atoms with van der Waals surface area (Å²) in [4.78, 5) is 12.7. The lowest BCUT2D eigenvalue weighted by atomic mass is 10.1. The van der Waals surface area contributed by atoms with Crippen molar-refractivity contribution in [1.29, 1.82) is 0 Å². The molecule has 0 bridgehead atoms. The van der Waals surface area contributed by atoms with E-state index in [4.69, 9.17) is 9.47 Å². The largest absolute Gasteiger partial charge is 0.493 e. The number of para-hydroxylation sites is 1. The zero-order valence-electron chi connectivity index (χ0n) is 19.1. The van der Waals surface area contributed by atoms with Crippen molar-refractivity contribution in [2.45, 2.75) is 19.5 Å². The van der Waals surface area contributed by atoms with E-state index in [-0.39, 0.29) is 18.5 Å². The first kappa shape index (κ1) is 24.1. The highest BCUT2D eigenvalue weighted by Crippen LogP contribution is 2.30. The third-order valence-electron chi connectivity index (χ3n) is 5.24. The molecule has 1 N–H and O–H groups in total. The molecule has 0 aliphatic carbocycles. The summed E-state index contributed by atoms with van der Waals surface area (Å²) in [5.74, 6) is 0.982. The zero-order chi connectivity index (χ0) is 24.0. The minimum absolute atomic E-state index is 0.173. The van der Waals surface area contributed by atoms with Crippen molar-refractivity contribution in [3.63, 3.8) is 0 Å². The molecule has 33 heavy (non-hydrogen) atoms. The van der Waals surface area contributed by atoms with Gasteiger partial charge in [0.15, 0.2) is 11.5 Å². The van der Waals surface area contributed by atoms with Crippen molar-refractivity contribution >= 4 is 21.6 Å². The van der Waals surface area contributed by atoms with E-state index in [1.165, 1.54) is 10.6 Å². The van der Waals surface area contributed by atoms with Crippen LogP contribution in [-0.2, 0) is 16.6 Å². The molecular formula is C25H28N2O5S. The summed E-state index contributed by atoms with van der Waals surface area (Å²) < 4.78 is 36.5. The van der Waals surface area contributed by atoms with Gasteiger partial charge in [-0.15, -0.1) is 0 Å². The minimum Gasteiger partial charge on any atom is -0.493 e. The lowest BCUT2D eigenvalue weighted by Crippen LogP contribution is -2.29. The van der Waals surface area contributed by atoms with Gasteiger partial charge in [-0.2, -0.15) is 0 Å². The molecule has 0 heterocycles. The summed E-state index contributed by atoms with van der Waals surface area (Å²) in [6.45, 7) is 2.06. The molecule has 1 atom stereocenters. The van der Waals surface area contributed by atoms with Crippen LogP contribution < -0.4 is 19.1 Å². The normalized spacial score (nSPS) is 12.0. The minimum atomic E-state index is -3.47. The van der Waals surface area contributed by atoms with E-state index in [2.05, 4.69) is 5.32 Å². The SMILES string of the molecule is COc1ccc([C@@H](C)NC(=O)c2ccc(CN(c3ccccc3)S(C)(=O)=O)cc2)cc1OC. The monoisotopic (exact) mass is 468 g/mol. The average molecular weight is 469 g/mol. The first-order valence-electron chi connectivity index (χ1n) is 10.4. The quantitative estimate of drug-likeness (QED) is 0.510. The predicted octanol–water partition coefficient (Wildman–Crippen LogP) is 4.16. The van der Waals surface area contributed by atoms with Gasteiger partial charge in [0, 0.05) is 5.56 Å². The van der Waals surface area contributed by atoms with Gasteiger partial charge < -0.3 is 14.8 Å². The number of hydrogen-bond donors (Lipinski definition) is 1. The fourth-order valence-corrected chi connectivity index (χ4v) is 4.30. The van der Waals surface area contributed by atoms with Crippen molar-refractivity contribution < 1.29 is 22.7 Å². The lowest BCUT2D eigenvalue weighted by molar-refractivity contribution is 0.0940. The number of anilines is 1. The van der Waals surface area contributed by atoms with Gasteiger partial charge in [-0.25, -0.2) is 8.42 Å². The maximum absolute atomic E-state index is 12.7. The Bertz CT molecular complexity index is 1200. The molecule has 0 aromatic heterocycles. The molecule has 3 rings (SSSR count). The number of hydrogen-bond acceptors (Lipinski definition) is 5. The van der Waals surface area contributed by atoms with Gasteiger partial charge in [0.25, 0.3) is 5.91 Å². The van der Waals surface area contributed by atoms with Crippen molar-refractivity contribution in [3.05, 3.63) is 89.5 Å². The van der Waals surface area contributed by atoms with E-state index < -0.39 is 10.0 Å². The Morgan fingerprint density at radius 1 is 0.939 bits per heavy atom. The number of sulfonamides is 1. The summed E-state index contributed by atoms with van der Waals surface area (Å²) in [6, 6.07) is 21.1. The number of nitrogens with zero attached hydrogens (tertiary/aromatic N) is 1. The van der Waals surface area contributed by atoms with Crippen molar-refractivity contribution in [2.24, 2.45) is 0 Å². The van der Waals surface area contributed by atoms with Crippen LogP contribution in [0.25, 0.3) is 0 Å². The van der Waals surface area contributed by atoms with Crippen molar-refractivity contribution in [3.8, 4) is 11.5 Å². The van der Waals surface area contributed by atoms with E-state index in [9.17, 15) is 13.2 Å². The zero-order valence-corrected chi connectivity index (χ0v) is 19.9. The highest BCUT2D eigenvalue weighted by molar-refractivity contribution is 7.92. The van der Waals surface area contributed by atoms with Gasteiger partial charge in [-0.05, 0) is 54.4 Å². The molecule has 0 aliphatic rings. The predicted molar refractivity (Wildman–Crippen MR) is 129 cm³/mol. The molecule has 0 saturated heterocycles. The van der Waals surface area contributed by atoms with Crippen LogP contribution in [0.2, 0.25) is 0 Å². The number of carbonyl (C=O) groups excluding carboxylic acids is 1. The Labute approximate surface area is 195 Å². The fraction of sp³-hybridized carbons (Fsp3) is 0.240. The van der Waals surface area contributed by atoms with Gasteiger partial charge in [0.2, 0.25) is 10.0 Å². The van der Waals surface area contributed by atoms with Crippen LogP contribution in [-0.4, -0.2) is 34.8 Å². The molecule has 3 aromatic carbocycles. The van der Waals surface area contributed by atoms with Crippen LogP contribution in [0, 0.1) is 0 Å². The molecule has 1 amide bonds. The molecule has 0 spiro atoms. The van der Waals surface area contributed by atoms with Gasteiger partial charge in [-0.1, -0.05) is 36.4 Å². The molecule has 0 saturated carbocycles.